The van der Waals surface area contributed by atoms with Crippen molar-refractivity contribution in [2.75, 3.05) is 13.7 Å². The number of hydrogen-bond acceptors (Lipinski definition) is 4. The Balaban J connectivity index is 1.52. The van der Waals surface area contributed by atoms with E-state index < -0.39 is 11.7 Å². The molecule has 1 aromatic heterocycles. The van der Waals surface area contributed by atoms with Gasteiger partial charge in [0, 0.05) is 12.4 Å². The van der Waals surface area contributed by atoms with Crippen molar-refractivity contribution in [3.05, 3.63) is 83.2 Å². The number of esters is 1. The summed E-state index contributed by atoms with van der Waals surface area (Å²) in [6, 6.07) is 12.6. The highest BCUT2D eigenvalue weighted by atomic mass is 19.4. The van der Waals surface area contributed by atoms with Crippen LogP contribution in [0.4, 0.5) is 13.2 Å². The van der Waals surface area contributed by atoms with Crippen LogP contribution >= 0.6 is 0 Å². The highest BCUT2D eigenvalue weighted by molar-refractivity contribution is 5.90. The molecule has 4 rings (SSSR count). The van der Waals surface area contributed by atoms with Gasteiger partial charge in [-0.15, -0.1) is 0 Å². The lowest BCUT2D eigenvalue weighted by atomic mass is 9.86. The Bertz CT molecular complexity index is 1110. The zero-order valence-electron chi connectivity index (χ0n) is 17.5. The predicted octanol–water partition coefficient (Wildman–Crippen LogP) is 6.05. The van der Waals surface area contributed by atoms with Crippen LogP contribution in [0.1, 0.15) is 45.8 Å². The molecule has 0 amide bonds. The Morgan fingerprint density at radius 2 is 1.88 bits per heavy atom. The summed E-state index contributed by atoms with van der Waals surface area (Å²) < 4.78 is 49.2. The number of carbonyl (C=O) groups excluding carboxylic acids is 1. The monoisotopic (exact) mass is 441 g/mol. The minimum atomic E-state index is -4.35. The van der Waals surface area contributed by atoms with Gasteiger partial charge in [0.15, 0.2) is 0 Å². The summed E-state index contributed by atoms with van der Waals surface area (Å²) in [6.45, 7) is 0.561. The standard InChI is InChI=1S/C25H22F3NO3/c1-31-24(30)22-10-12-29-15-19(22)3-2-17-11-13-32-23-14-18(6-9-21(17)23)16-4-7-20(8-5-16)25(26,27)28/h4-10,12,14-15,17H,2-3,11,13H2,1H3. The molecule has 0 aliphatic carbocycles. The number of alkyl halides is 3. The first kappa shape index (κ1) is 21.9. The van der Waals surface area contributed by atoms with E-state index in [1.165, 1.54) is 19.2 Å². The third-order valence-corrected chi connectivity index (χ3v) is 5.79. The topological polar surface area (TPSA) is 48.4 Å². The first-order valence-electron chi connectivity index (χ1n) is 10.3. The number of hydrogen-bond donors (Lipinski definition) is 0. The zero-order valence-corrected chi connectivity index (χ0v) is 17.5. The number of rotatable bonds is 5. The number of methoxy groups -OCH3 is 1. The molecule has 2 heterocycles. The molecule has 4 nitrogen and oxygen atoms in total. The molecule has 1 aliphatic heterocycles. The maximum atomic E-state index is 12.8. The van der Waals surface area contributed by atoms with E-state index in [-0.39, 0.29) is 11.9 Å². The summed E-state index contributed by atoms with van der Waals surface area (Å²) in [5.74, 6) is 0.611. The van der Waals surface area contributed by atoms with Gasteiger partial charge in [-0.1, -0.05) is 24.3 Å². The van der Waals surface area contributed by atoms with E-state index in [1.807, 2.05) is 18.2 Å². The second-order valence-corrected chi connectivity index (χ2v) is 7.72. The number of carbonyl (C=O) groups is 1. The van der Waals surface area contributed by atoms with Crippen LogP contribution in [-0.2, 0) is 17.3 Å². The number of halogens is 3. The molecule has 0 saturated heterocycles. The average molecular weight is 441 g/mol. The van der Waals surface area contributed by atoms with Crippen LogP contribution in [0.15, 0.2) is 60.9 Å². The number of aryl methyl sites for hydroxylation is 1. The van der Waals surface area contributed by atoms with Gasteiger partial charge in [0.05, 0.1) is 24.8 Å². The average Bonchev–Trinajstić information content (AvgIpc) is 2.81. The van der Waals surface area contributed by atoms with Crippen molar-refractivity contribution in [2.24, 2.45) is 0 Å². The highest BCUT2D eigenvalue weighted by Gasteiger charge is 2.30. The number of nitrogens with zero attached hydrogens (tertiary/aromatic N) is 1. The van der Waals surface area contributed by atoms with Gasteiger partial charge in [0.25, 0.3) is 0 Å². The summed E-state index contributed by atoms with van der Waals surface area (Å²) in [6.07, 6.45) is 1.24. The molecular weight excluding hydrogens is 419 g/mol. The van der Waals surface area contributed by atoms with Gasteiger partial charge < -0.3 is 9.47 Å². The second kappa shape index (κ2) is 9.02. The molecular formula is C25H22F3NO3. The van der Waals surface area contributed by atoms with Crippen LogP contribution in [0.5, 0.6) is 5.75 Å². The molecule has 0 radical (unpaired) electrons. The van der Waals surface area contributed by atoms with Crippen LogP contribution < -0.4 is 4.74 Å². The number of ether oxygens (including phenoxy) is 2. The molecule has 166 valence electrons. The SMILES string of the molecule is COC(=O)c1ccncc1CCC1CCOc2cc(-c3ccc(C(F)(F)F)cc3)ccc21. The first-order chi connectivity index (χ1) is 15.4. The number of benzene rings is 2. The van der Waals surface area contributed by atoms with E-state index in [1.54, 1.807) is 18.5 Å². The number of pyridine rings is 1. The number of fused-ring (bicyclic) bond motifs is 1. The van der Waals surface area contributed by atoms with Crippen molar-refractivity contribution < 1.29 is 27.4 Å². The van der Waals surface area contributed by atoms with E-state index in [4.69, 9.17) is 9.47 Å². The molecule has 0 bridgehead atoms. The smallest absolute Gasteiger partial charge is 0.416 e. The first-order valence-corrected chi connectivity index (χ1v) is 10.3. The molecule has 0 N–H and O–H groups in total. The molecule has 0 fully saturated rings. The predicted molar refractivity (Wildman–Crippen MR) is 114 cm³/mol. The van der Waals surface area contributed by atoms with E-state index in [9.17, 15) is 18.0 Å². The summed E-state index contributed by atoms with van der Waals surface area (Å²) in [5.41, 5.74) is 3.26. The quantitative estimate of drug-likeness (QED) is 0.452. The molecule has 1 atom stereocenters. The third-order valence-electron chi connectivity index (χ3n) is 5.79. The lowest BCUT2D eigenvalue weighted by Gasteiger charge is -2.26. The van der Waals surface area contributed by atoms with Crippen molar-refractivity contribution in [1.29, 1.82) is 0 Å². The summed E-state index contributed by atoms with van der Waals surface area (Å²) in [4.78, 5) is 16.1. The molecule has 1 unspecified atom stereocenters. The summed E-state index contributed by atoms with van der Waals surface area (Å²) in [5, 5.41) is 0. The van der Waals surface area contributed by atoms with Crippen molar-refractivity contribution in [2.45, 2.75) is 31.4 Å². The second-order valence-electron chi connectivity index (χ2n) is 7.72. The van der Waals surface area contributed by atoms with Crippen LogP contribution in [0.3, 0.4) is 0 Å². The fraction of sp³-hybridized carbons (Fsp3) is 0.280. The fourth-order valence-corrected chi connectivity index (χ4v) is 4.06. The normalized spacial score (nSPS) is 15.6. The van der Waals surface area contributed by atoms with Crippen LogP contribution in [-0.4, -0.2) is 24.7 Å². The highest BCUT2D eigenvalue weighted by Crippen LogP contribution is 2.39. The fourth-order valence-electron chi connectivity index (χ4n) is 4.06. The minimum Gasteiger partial charge on any atom is -0.493 e. The van der Waals surface area contributed by atoms with Gasteiger partial charge in [-0.3, -0.25) is 4.98 Å². The molecule has 32 heavy (non-hydrogen) atoms. The van der Waals surface area contributed by atoms with Gasteiger partial charge in [-0.05, 0) is 71.7 Å². The van der Waals surface area contributed by atoms with Crippen LogP contribution in [0.25, 0.3) is 11.1 Å². The van der Waals surface area contributed by atoms with Crippen molar-refractivity contribution in [1.82, 2.24) is 4.98 Å². The molecule has 0 saturated carbocycles. The van der Waals surface area contributed by atoms with Crippen LogP contribution in [0, 0.1) is 0 Å². The van der Waals surface area contributed by atoms with Crippen LogP contribution in [0.2, 0.25) is 0 Å². The Hall–Kier alpha value is -3.35. The molecule has 0 spiro atoms. The molecule has 7 heteroatoms. The van der Waals surface area contributed by atoms with Gasteiger partial charge >= 0.3 is 12.1 Å². The minimum absolute atomic E-state index is 0.242. The van der Waals surface area contributed by atoms with Crippen molar-refractivity contribution in [3.8, 4) is 16.9 Å². The Labute approximate surface area is 184 Å². The maximum Gasteiger partial charge on any atom is 0.416 e. The Morgan fingerprint density at radius 3 is 2.59 bits per heavy atom. The molecule has 2 aromatic carbocycles. The zero-order chi connectivity index (χ0) is 22.7. The summed E-state index contributed by atoms with van der Waals surface area (Å²) >= 11 is 0. The van der Waals surface area contributed by atoms with E-state index in [0.29, 0.717) is 24.2 Å². The maximum absolute atomic E-state index is 12.8. The van der Waals surface area contributed by atoms with Gasteiger partial charge in [0.1, 0.15) is 5.75 Å². The summed E-state index contributed by atoms with van der Waals surface area (Å²) in [7, 11) is 1.36. The van der Waals surface area contributed by atoms with Gasteiger partial charge in [-0.25, -0.2) is 4.79 Å². The number of aromatic nitrogens is 1. The third kappa shape index (κ3) is 4.61. The molecule has 3 aromatic rings. The Morgan fingerprint density at radius 1 is 1.12 bits per heavy atom. The lowest BCUT2D eigenvalue weighted by Crippen LogP contribution is -2.15. The Kier molecular flexibility index (Phi) is 6.17. The largest absolute Gasteiger partial charge is 0.493 e. The van der Waals surface area contributed by atoms with E-state index in [0.717, 1.165) is 47.4 Å². The van der Waals surface area contributed by atoms with E-state index in [2.05, 4.69) is 4.98 Å². The lowest BCUT2D eigenvalue weighted by molar-refractivity contribution is -0.137. The van der Waals surface area contributed by atoms with Gasteiger partial charge in [-0.2, -0.15) is 13.2 Å². The van der Waals surface area contributed by atoms with E-state index >= 15 is 0 Å². The molecule has 1 aliphatic rings. The van der Waals surface area contributed by atoms with Gasteiger partial charge in [0.2, 0.25) is 0 Å². The van der Waals surface area contributed by atoms with Crippen molar-refractivity contribution in [3.63, 3.8) is 0 Å². The van der Waals surface area contributed by atoms with Crippen molar-refractivity contribution >= 4 is 5.97 Å².